The van der Waals surface area contributed by atoms with Crippen molar-refractivity contribution >= 4 is 0 Å². The summed E-state index contributed by atoms with van der Waals surface area (Å²) in [7, 11) is 0. The second-order valence-electron chi connectivity index (χ2n) is 6.15. The molecule has 0 aliphatic rings. The predicted molar refractivity (Wildman–Crippen MR) is 85.3 cm³/mol. The zero-order valence-corrected chi connectivity index (χ0v) is 13.3. The summed E-state index contributed by atoms with van der Waals surface area (Å²) in [6.45, 7) is 11.6. The van der Waals surface area contributed by atoms with Crippen molar-refractivity contribution in [1.29, 1.82) is 0 Å². The molecule has 0 aromatic heterocycles. The van der Waals surface area contributed by atoms with Gasteiger partial charge in [0.05, 0.1) is 0 Å². The van der Waals surface area contributed by atoms with Gasteiger partial charge in [-0.1, -0.05) is 71.4 Å². The molecule has 0 spiro atoms. The van der Waals surface area contributed by atoms with E-state index in [1.807, 2.05) is 0 Å². The number of hydrogen-bond acceptors (Lipinski definition) is 1. The lowest BCUT2D eigenvalue weighted by Gasteiger charge is -2.29. The van der Waals surface area contributed by atoms with Crippen LogP contribution >= 0.6 is 0 Å². The highest BCUT2D eigenvalue weighted by Gasteiger charge is 2.20. The van der Waals surface area contributed by atoms with Gasteiger partial charge in [0.25, 0.3) is 0 Å². The van der Waals surface area contributed by atoms with Crippen LogP contribution in [0.4, 0.5) is 0 Å². The van der Waals surface area contributed by atoms with Gasteiger partial charge in [0, 0.05) is 12.1 Å². The van der Waals surface area contributed by atoms with Gasteiger partial charge in [-0.15, -0.1) is 0 Å². The molecule has 1 aromatic carbocycles. The number of hydrogen-bond donors (Lipinski definition) is 1. The monoisotopic (exact) mass is 261 g/mol. The fourth-order valence-corrected chi connectivity index (χ4v) is 2.59. The first-order valence-corrected chi connectivity index (χ1v) is 7.89. The van der Waals surface area contributed by atoms with E-state index in [2.05, 4.69) is 70.3 Å². The average Bonchev–Trinajstić information content (AvgIpc) is 2.43. The SMILES string of the molecule is CCC(C)CC(CC)NC(c1ccccc1)C(C)C. The van der Waals surface area contributed by atoms with Crippen molar-refractivity contribution in [3.8, 4) is 0 Å². The molecule has 1 nitrogen and oxygen atoms in total. The Morgan fingerprint density at radius 2 is 1.58 bits per heavy atom. The molecule has 0 amide bonds. The summed E-state index contributed by atoms with van der Waals surface area (Å²) in [4.78, 5) is 0. The molecule has 3 unspecified atom stereocenters. The Bertz CT molecular complexity index is 331. The van der Waals surface area contributed by atoms with Crippen molar-refractivity contribution in [3.63, 3.8) is 0 Å². The van der Waals surface area contributed by atoms with Crippen LogP contribution in [-0.2, 0) is 0 Å². The molecule has 0 saturated carbocycles. The Kier molecular flexibility index (Phi) is 7.15. The van der Waals surface area contributed by atoms with Gasteiger partial charge in [-0.3, -0.25) is 0 Å². The van der Waals surface area contributed by atoms with Gasteiger partial charge in [0.1, 0.15) is 0 Å². The van der Waals surface area contributed by atoms with Crippen molar-refractivity contribution in [2.45, 2.75) is 66.0 Å². The molecule has 0 heterocycles. The second-order valence-corrected chi connectivity index (χ2v) is 6.15. The topological polar surface area (TPSA) is 12.0 Å². The zero-order chi connectivity index (χ0) is 14.3. The van der Waals surface area contributed by atoms with Crippen LogP contribution in [0.25, 0.3) is 0 Å². The van der Waals surface area contributed by atoms with Crippen LogP contribution in [0, 0.1) is 11.8 Å². The van der Waals surface area contributed by atoms with E-state index in [9.17, 15) is 0 Å². The molecule has 0 aliphatic carbocycles. The molecule has 0 radical (unpaired) electrons. The largest absolute Gasteiger partial charge is 0.307 e. The summed E-state index contributed by atoms with van der Waals surface area (Å²) < 4.78 is 0. The molecular formula is C18H31N. The molecule has 0 aliphatic heterocycles. The predicted octanol–water partition coefficient (Wildman–Crippen LogP) is 5.19. The third kappa shape index (κ3) is 5.36. The Labute approximate surface area is 119 Å². The summed E-state index contributed by atoms with van der Waals surface area (Å²) in [5, 5.41) is 3.88. The zero-order valence-electron chi connectivity index (χ0n) is 13.3. The highest BCUT2D eigenvalue weighted by Crippen LogP contribution is 2.24. The third-order valence-corrected chi connectivity index (χ3v) is 4.12. The van der Waals surface area contributed by atoms with E-state index >= 15 is 0 Å². The van der Waals surface area contributed by atoms with Crippen molar-refractivity contribution in [3.05, 3.63) is 35.9 Å². The summed E-state index contributed by atoms with van der Waals surface area (Å²) >= 11 is 0. The van der Waals surface area contributed by atoms with Crippen molar-refractivity contribution in [2.24, 2.45) is 11.8 Å². The van der Waals surface area contributed by atoms with Crippen LogP contribution in [0.5, 0.6) is 0 Å². The van der Waals surface area contributed by atoms with Crippen LogP contribution in [-0.4, -0.2) is 6.04 Å². The smallest absolute Gasteiger partial charge is 0.0345 e. The minimum Gasteiger partial charge on any atom is -0.307 e. The van der Waals surface area contributed by atoms with Crippen LogP contribution < -0.4 is 5.32 Å². The lowest BCUT2D eigenvalue weighted by atomic mass is 9.92. The quantitative estimate of drug-likeness (QED) is 0.679. The Morgan fingerprint density at radius 3 is 2.05 bits per heavy atom. The molecule has 1 heteroatoms. The summed E-state index contributed by atoms with van der Waals surface area (Å²) in [6.07, 6.45) is 3.76. The lowest BCUT2D eigenvalue weighted by molar-refractivity contribution is 0.310. The number of nitrogens with one attached hydrogen (secondary N) is 1. The highest BCUT2D eigenvalue weighted by atomic mass is 15.0. The number of benzene rings is 1. The lowest BCUT2D eigenvalue weighted by Crippen LogP contribution is -2.36. The Morgan fingerprint density at radius 1 is 0.947 bits per heavy atom. The van der Waals surface area contributed by atoms with Crippen LogP contribution in [0.1, 0.15) is 65.5 Å². The number of rotatable bonds is 8. The van der Waals surface area contributed by atoms with Gasteiger partial charge in [-0.25, -0.2) is 0 Å². The molecule has 1 aromatic rings. The Balaban J connectivity index is 2.72. The maximum absolute atomic E-state index is 3.88. The van der Waals surface area contributed by atoms with Gasteiger partial charge in [-0.05, 0) is 30.2 Å². The summed E-state index contributed by atoms with van der Waals surface area (Å²) in [6, 6.07) is 12.0. The molecule has 0 saturated heterocycles. The standard InChI is InChI=1S/C18H31N/c1-6-15(5)13-17(7-2)19-18(14(3)4)16-11-9-8-10-12-16/h8-12,14-15,17-19H,6-7,13H2,1-5H3. The van der Waals surface area contributed by atoms with E-state index in [0.29, 0.717) is 18.0 Å². The fourth-order valence-electron chi connectivity index (χ4n) is 2.59. The molecule has 1 rings (SSSR count). The van der Waals surface area contributed by atoms with Gasteiger partial charge in [-0.2, -0.15) is 0 Å². The van der Waals surface area contributed by atoms with Crippen molar-refractivity contribution in [2.75, 3.05) is 0 Å². The second kappa shape index (κ2) is 8.37. The van der Waals surface area contributed by atoms with Crippen LogP contribution in [0.15, 0.2) is 30.3 Å². The Hall–Kier alpha value is -0.820. The van der Waals surface area contributed by atoms with Crippen molar-refractivity contribution in [1.82, 2.24) is 5.32 Å². The van der Waals surface area contributed by atoms with Crippen LogP contribution in [0.3, 0.4) is 0 Å². The van der Waals surface area contributed by atoms with E-state index in [4.69, 9.17) is 0 Å². The van der Waals surface area contributed by atoms with Crippen LogP contribution in [0.2, 0.25) is 0 Å². The molecule has 108 valence electrons. The van der Waals surface area contributed by atoms with E-state index in [1.54, 1.807) is 0 Å². The first-order valence-electron chi connectivity index (χ1n) is 7.89. The molecule has 3 atom stereocenters. The molecule has 1 N–H and O–H groups in total. The summed E-state index contributed by atoms with van der Waals surface area (Å²) in [5.41, 5.74) is 1.42. The van der Waals surface area contributed by atoms with E-state index in [1.165, 1.54) is 24.8 Å². The molecule has 19 heavy (non-hydrogen) atoms. The molecule has 0 fully saturated rings. The van der Waals surface area contributed by atoms with Gasteiger partial charge in [0.15, 0.2) is 0 Å². The van der Waals surface area contributed by atoms with E-state index in [-0.39, 0.29) is 0 Å². The third-order valence-electron chi connectivity index (χ3n) is 4.12. The van der Waals surface area contributed by atoms with E-state index in [0.717, 1.165) is 5.92 Å². The minimum atomic E-state index is 0.468. The van der Waals surface area contributed by atoms with Gasteiger partial charge in [0.2, 0.25) is 0 Å². The molecular weight excluding hydrogens is 230 g/mol. The summed E-state index contributed by atoms with van der Waals surface area (Å²) in [5.74, 6) is 1.43. The first-order chi connectivity index (χ1) is 9.08. The maximum Gasteiger partial charge on any atom is 0.0345 e. The van der Waals surface area contributed by atoms with Gasteiger partial charge >= 0.3 is 0 Å². The minimum absolute atomic E-state index is 0.468. The van der Waals surface area contributed by atoms with Crippen molar-refractivity contribution < 1.29 is 0 Å². The molecule has 0 bridgehead atoms. The fraction of sp³-hybridized carbons (Fsp3) is 0.667. The van der Waals surface area contributed by atoms with Gasteiger partial charge < -0.3 is 5.32 Å². The average molecular weight is 261 g/mol. The highest BCUT2D eigenvalue weighted by molar-refractivity contribution is 5.19. The van der Waals surface area contributed by atoms with E-state index < -0.39 is 0 Å². The normalized spacial score (nSPS) is 16.3. The first kappa shape index (κ1) is 16.2. The maximum atomic E-state index is 3.88.